The van der Waals surface area contributed by atoms with E-state index in [0.717, 1.165) is 0 Å². The van der Waals surface area contributed by atoms with Gasteiger partial charge in [-0.05, 0) is 5.56 Å². The molecule has 0 saturated carbocycles. The number of rotatable bonds is 2. The molecule has 0 fully saturated rings. The minimum Gasteiger partial charge on any atom is -0.545 e. The Morgan fingerprint density at radius 3 is 2.42 bits per heavy atom. The monoisotopic (exact) mass is 154 g/mol. The standard InChI is InChI=1S/C9H8O2.Li/c1-2-7-5-3-4-6-8(7)9(10)11;/h2-6H,1H2,(H,10,11);/q;+1/p-1. The molecular formula is C9H7LiO2. The fourth-order valence-electron chi connectivity index (χ4n) is 0.861. The van der Waals surface area contributed by atoms with Crippen LogP contribution in [0.25, 0.3) is 6.08 Å². The molecule has 0 aromatic heterocycles. The first-order chi connectivity index (χ1) is 5.25. The summed E-state index contributed by atoms with van der Waals surface area (Å²) in [5.41, 5.74) is 0.773. The molecule has 0 bridgehead atoms. The van der Waals surface area contributed by atoms with Crippen molar-refractivity contribution in [3.05, 3.63) is 42.0 Å². The quantitative estimate of drug-likeness (QED) is 0.449. The van der Waals surface area contributed by atoms with E-state index in [4.69, 9.17) is 0 Å². The third kappa shape index (κ3) is 2.26. The van der Waals surface area contributed by atoms with Crippen LogP contribution in [-0.2, 0) is 0 Å². The number of hydrogen-bond acceptors (Lipinski definition) is 2. The van der Waals surface area contributed by atoms with Crippen molar-refractivity contribution in [1.29, 1.82) is 0 Å². The summed E-state index contributed by atoms with van der Waals surface area (Å²) in [5.74, 6) is -1.17. The first-order valence-corrected chi connectivity index (χ1v) is 3.18. The Hall–Kier alpha value is -0.973. The zero-order chi connectivity index (χ0) is 8.27. The number of carbonyl (C=O) groups excluding carboxylic acids is 1. The maximum absolute atomic E-state index is 10.4. The van der Waals surface area contributed by atoms with Crippen molar-refractivity contribution in [1.82, 2.24) is 0 Å². The summed E-state index contributed by atoms with van der Waals surface area (Å²) in [7, 11) is 0. The Balaban J connectivity index is 0.00000121. The van der Waals surface area contributed by atoms with Gasteiger partial charge in [-0.1, -0.05) is 36.9 Å². The number of aromatic carboxylic acids is 1. The van der Waals surface area contributed by atoms with Gasteiger partial charge in [0.15, 0.2) is 0 Å². The van der Waals surface area contributed by atoms with Gasteiger partial charge in [0, 0.05) is 5.56 Å². The normalized spacial score (nSPS) is 8.33. The summed E-state index contributed by atoms with van der Waals surface area (Å²) in [6.07, 6.45) is 1.49. The Labute approximate surface area is 83.1 Å². The number of carboxylic acids is 1. The average Bonchev–Trinajstić information content (AvgIpc) is 2.04. The largest absolute Gasteiger partial charge is 1.00 e. The molecule has 1 aromatic rings. The van der Waals surface area contributed by atoms with Crippen LogP contribution in [0, 0.1) is 0 Å². The molecule has 0 N–H and O–H groups in total. The van der Waals surface area contributed by atoms with Gasteiger partial charge in [-0.15, -0.1) is 0 Å². The van der Waals surface area contributed by atoms with Gasteiger partial charge in [-0.25, -0.2) is 0 Å². The van der Waals surface area contributed by atoms with E-state index < -0.39 is 5.97 Å². The number of carbonyl (C=O) groups is 1. The van der Waals surface area contributed by atoms with Gasteiger partial charge in [0.2, 0.25) is 0 Å². The van der Waals surface area contributed by atoms with Gasteiger partial charge in [0.05, 0.1) is 5.97 Å². The van der Waals surface area contributed by atoms with Gasteiger partial charge in [-0.2, -0.15) is 0 Å². The summed E-state index contributed by atoms with van der Waals surface area (Å²) in [6, 6.07) is 6.58. The van der Waals surface area contributed by atoms with E-state index in [1.165, 1.54) is 12.1 Å². The van der Waals surface area contributed by atoms with Crippen molar-refractivity contribution in [3.8, 4) is 0 Å². The molecule has 0 amide bonds. The second kappa shape index (κ2) is 4.82. The summed E-state index contributed by atoms with van der Waals surface area (Å²) < 4.78 is 0. The van der Waals surface area contributed by atoms with E-state index in [1.807, 2.05) is 0 Å². The Morgan fingerprint density at radius 2 is 2.00 bits per heavy atom. The minimum absolute atomic E-state index is 0. The molecule has 1 aromatic carbocycles. The van der Waals surface area contributed by atoms with E-state index in [9.17, 15) is 9.90 Å². The molecule has 0 heterocycles. The minimum atomic E-state index is -1.17. The van der Waals surface area contributed by atoms with Crippen LogP contribution in [0.5, 0.6) is 0 Å². The predicted molar refractivity (Wildman–Crippen MR) is 40.9 cm³/mol. The van der Waals surface area contributed by atoms with Crippen LogP contribution in [0.1, 0.15) is 15.9 Å². The molecule has 12 heavy (non-hydrogen) atoms. The van der Waals surface area contributed by atoms with Crippen LogP contribution < -0.4 is 24.0 Å². The summed E-state index contributed by atoms with van der Waals surface area (Å²) in [5, 5.41) is 10.4. The van der Waals surface area contributed by atoms with Crippen LogP contribution in [-0.4, -0.2) is 5.97 Å². The van der Waals surface area contributed by atoms with Crippen LogP contribution in [0.2, 0.25) is 0 Å². The van der Waals surface area contributed by atoms with E-state index in [0.29, 0.717) is 5.56 Å². The van der Waals surface area contributed by atoms with E-state index >= 15 is 0 Å². The Kier molecular flexibility index (Phi) is 4.42. The third-order valence-electron chi connectivity index (χ3n) is 1.40. The van der Waals surface area contributed by atoms with Crippen molar-refractivity contribution in [2.75, 3.05) is 0 Å². The summed E-state index contributed by atoms with van der Waals surface area (Å²) in [4.78, 5) is 10.4. The molecule has 0 saturated heterocycles. The van der Waals surface area contributed by atoms with Gasteiger partial charge in [0.1, 0.15) is 0 Å². The molecule has 56 valence electrons. The van der Waals surface area contributed by atoms with Crippen LogP contribution in [0.15, 0.2) is 30.8 Å². The molecular weight excluding hydrogens is 147 g/mol. The van der Waals surface area contributed by atoms with Gasteiger partial charge in [0.25, 0.3) is 0 Å². The second-order valence-electron chi connectivity index (χ2n) is 2.08. The molecule has 0 radical (unpaired) electrons. The van der Waals surface area contributed by atoms with Crippen molar-refractivity contribution in [3.63, 3.8) is 0 Å². The van der Waals surface area contributed by atoms with E-state index in [-0.39, 0.29) is 24.4 Å². The van der Waals surface area contributed by atoms with Crippen molar-refractivity contribution < 1.29 is 28.8 Å². The summed E-state index contributed by atoms with van der Waals surface area (Å²) in [6.45, 7) is 3.48. The average molecular weight is 154 g/mol. The molecule has 0 spiro atoms. The van der Waals surface area contributed by atoms with E-state index in [2.05, 4.69) is 6.58 Å². The molecule has 0 aliphatic rings. The third-order valence-corrected chi connectivity index (χ3v) is 1.40. The van der Waals surface area contributed by atoms with Crippen molar-refractivity contribution >= 4 is 12.0 Å². The van der Waals surface area contributed by atoms with Gasteiger partial charge in [-0.3, -0.25) is 0 Å². The molecule has 0 atom stereocenters. The van der Waals surface area contributed by atoms with Crippen molar-refractivity contribution in [2.45, 2.75) is 0 Å². The van der Waals surface area contributed by atoms with Crippen LogP contribution >= 0.6 is 0 Å². The Bertz CT molecular complexity index is 294. The van der Waals surface area contributed by atoms with Gasteiger partial charge >= 0.3 is 18.9 Å². The zero-order valence-electron chi connectivity index (χ0n) is 6.91. The molecule has 0 aliphatic heterocycles. The molecule has 2 nitrogen and oxygen atoms in total. The first-order valence-electron chi connectivity index (χ1n) is 3.18. The maximum Gasteiger partial charge on any atom is 1.00 e. The summed E-state index contributed by atoms with van der Waals surface area (Å²) >= 11 is 0. The fraction of sp³-hybridized carbons (Fsp3) is 0. The number of benzene rings is 1. The number of carboxylic acid groups (broad SMARTS) is 1. The van der Waals surface area contributed by atoms with E-state index in [1.54, 1.807) is 18.2 Å². The van der Waals surface area contributed by atoms with Crippen LogP contribution in [0.3, 0.4) is 0 Å². The SMILES string of the molecule is C=Cc1ccccc1C(=O)[O-].[Li+]. The maximum atomic E-state index is 10.4. The molecule has 0 aliphatic carbocycles. The zero-order valence-corrected chi connectivity index (χ0v) is 6.91. The van der Waals surface area contributed by atoms with Gasteiger partial charge < -0.3 is 9.90 Å². The predicted octanol–water partition coefficient (Wildman–Crippen LogP) is -2.30. The smallest absolute Gasteiger partial charge is 0.545 e. The molecule has 1 rings (SSSR count). The fourth-order valence-corrected chi connectivity index (χ4v) is 0.861. The van der Waals surface area contributed by atoms with Crippen molar-refractivity contribution in [2.24, 2.45) is 0 Å². The van der Waals surface area contributed by atoms with Crippen LogP contribution in [0.4, 0.5) is 0 Å². The first kappa shape index (κ1) is 11.0. The number of hydrogen-bond donors (Lipinski definition) is 0. The molecule has 0 unspecified atom stereocenters. The Morgan fingerprint density at radius 1 is 1.42 bits per heavy atom. The topological polar surface area (TPSA) is 40.1 Å². The molecule has 3 heteroatoms. The second-order valence-corrected chi connectivity index (χ2v) is 2.08.